The number of nitrogens with zero attached hydrogens (tertiary/aromatic N) is 1. The van der Waals surface area contributed by atoms with Gasteiger partial charge in [-0.15, -0.1) is 0 Å². The van der Waals surface area contributed by atoms with Crippen molar-refractivity contribution in [2.24, 2.45) is 0 Å². The van der Waals surface area contributed by atoms with Crippen LogP contribution in [-0.4, -0.2) is 35.3 Å². The van der Waals surface area contributed by atoms with Gasteiger partial charge in [-0.3, -0.25) is 14.5 Å². The van der Waals surface area contributed by atoms with Gasteiger partial charge in [0.1, 0.15) is 0 Å². The van der Waals surface area contributed by atoms with Crippen LogP contribution in [0.15, 0.2) is 54.6 Å². The highest BCUT2D eigenvalue weighted by molar-refractivity contribution is 6.30. The summed E-state index contributed by atoms with van der Waals surface area (Å²) in [4.78, 5) is 38.7. The van der Waals surface area contributed by atoms with Crippen LogP contribution in [0.2, 0.25) is 5.02 Å². The van der Waals surface area contributed by atoms with Gasteiger partial charge in [0.05, 0.1) is 12.5 Å². The molecule has 0 aliphatic carbocycles. The molecule has 1 fully saturated rings. The van der Waals surface area contributed by atoms with Crippen LogP contribution < -0.4 is 0 Å². The minimum absolute atomic E-state index is 0.171. The molecule has 1 aliphatic rings. The average molecular weight is 358 g/mol. The van der Waals surface area contributed by atoms with E-state index in [1.165, 1.54) is 0 Å². The summed E-state index contributed by atoms with van der Waals surface area (Å²) in [6.07, 6.45) is 0. The molecular formula is C19H16ClNO4. The predicted molar refractivity (Wildman–Crippen MR) is 92.2 cm³/mol. The normalized spacial score (nSPS) is 19.3. The summed E-state index contributed by atoms with van der Waals surface area (Å²) in [7, 11) is 0. The number of rotatable bonds is 4. The molecule has 0 radical (unpaired) electrons. The van der Waals surface area contributed by atoms with Crippen molar-refractivity contribution in [3.63, 3.8) is 0 Å². The number of amides is 2. The van der Waals surface area contributed by atoms with Crippen LogP contribution in [0.4, 0.5) is 0 Å². The Morgan fingerprint density at radius 3 is 2.32 bits per heavy atom. The molecule has 2 aromatic carbocycles. The van der Waals surface area contributed by atoms with Crippen molar-refractivity contribution in [3.8, 4) is 0 Å². The van der Waals surface area contributed by atoms with Crippen LogP contribution in [-0.2, 0) is 14.3 Å². The van der Waals surface area contributed by atoms with Crippen molar-refractivity contribution < 1.29 is 19.1 Å². The fraction of sp³-hybridized carbons (Fsp3) is 0.211. The molecule has 25 heavy (non-hydrogen) atoms. The number of hydrogen-bond donors (Lipinski definition) is 0. The minimum atomic E-state index is -0.971. The number of benzene rings is 2. The molecule has 0 spiro atoms. The van der Waals surface area contributed by atoms with Crippen LogP contribution >= 0.6 is 11.6 Å². The van der Waals surface area contributed by atoms with E-state index in [9.17, 15) is 14.4 Å². The summed E-state index contributed by atoms with van der Waals surface area (Å²) in [6, 6.07) is 14.1. The fourth-order valence-electron chi connectivity index (χ4n) is 2.90. The number of halogens is 1. The van der Waals surface area contributed by atoms with Gasteiger partial charge < -0.3 is 4.74 Å². The molecule has 3 rings (SSSR count). The van der Waals surface area contributed by atoms with E-state index in [1.54, 1.807) is 61.5 Å². The van der Waals surface area contributed by atoms with E-state index in [2.05, 4.69) is 0 Å². The highest BCUT2D eigenvalue weighted by Crippen LogP contribution is 2.38. The van der Waals surface area contributed by atoms with E-state index in [0.717, 1.165) is 4.90 Å². The molecule has 6 heteroatoms. The first kappa shape index (κ1) is 17.2. The van der Waals surface area contributed by atoms with Crippen molar-refractivity contribution in [2.45, 2.75) is 18.9 Å². The molecule has 128 valence electrons. The standard InChI is InChI=1S/C19H16ClNO4/c1-2-25-19(24)16-15(12-8-10-14(20)11-9-12)18(23)21(16)17(22)13-6-4-3-5-7-13/h3-11,15-16H,2H2,1H3/t15-,16-/m1/s1. The first-order valence-electron chi connectivity index (χ1n) is 7.89. The Morgan fingerprint density at radius 1 is 1.08 bits per heavy atom. The van der Waals surface area contributed by atoms with E-state index >= 15 is 0 Å². The van der Waals surface area contributed by atoms with Crippen molar-refractivity contribution in [2.75, 3.05) is 6.61 Å². The Hall–Kier alpha value is -2.66. The highest BCUT2D eigenvalue weighted by Gasteiger charge is 2.56. The number of carbonyl (C=O) groups excluding carboxylic acids is 3. The fourth-order valence-corrected chi connectivity index (χ4v) is 3.03. The third-order valence-electron chi connectivity index (χ3n) is 4.09. The second-order valence-electron chi connectivity index (χ2n) is 5.61. The van der Waals surface area contributed by atoms with Crippen molar-refractivity contribution in [1.29, 1.82) is 0 Å². The van der Waals surface area contributed by atoms with Crippen molar-refractivity contribution in [3.05, 3.63) is 70.7 Å². The molecule has 1 aliphatic heterocycles. The second-order valence-corrected chi connectivity index (χ2v) is 6.04. The quantitative estimate of drug-likeness (QED) is 0.479. The lowest BCUT2D eigenvalue weighted by atomic mass is 9.81. The maximum atomic E-state index is 12.7. The van der Waals surface area contributed by atoms with Gasteiger partial charge in [0.15, 0.2) is 6.04 Å². The number of hydrogen-bond acceptors (Lipinski definition) is 4. The number of carbonyl (C=O) groups is 3. The van der Waals surface area contributed by atoms with E-state index in [0.29, 0.717) is 16.1 Å². The molecule has 2 amide bonds. The van der Waals surface area contributed by atoms with Crippen LogP contribution in [0.3, 0.4) is 0 Å². The van der Waals surface area contributed by atoms with E-state index in [1.807, 2.05) is 0 Å². The zero-order chi connectivity index (χ0) is 18.0. The molecule has 0 aromatic heterocycles. The lowest BCUT2D eigenvalue weighted by Gasteiger charge is -2.43. The van der Waals surface area contributed by atoms with Gasteiger partial charge in [0.2, 0.25) is 5.91 Å². The Labute approximate surface area is 150 Å². The highest BCUT2D eigenvalue weighted by atomic mass is 35.5. The van der Waals surface area contributed by atoms with Crippen LogP contribution in [0.25, 0.3) is 0 Å². The largest absolute Gasteiger partial charge is 0.464 e. The Bertz CT molecular complexity index is 804. The van der Waals surface area contributed by atoms with Crippen LogP contribution in [0.1, 0.15) is 28.8 Å². The van der Waals surface area contributed by atoms with Gasteiger partial charge >= 0.3 is 5.97 Å². The molecular weight excluding hydrogens is 342 g/mol. The first-order valence-corrected chi connectivity index (χ1v) is 8.27. The summed E-state index contributed by atoms with van der Waals surface area (Å²) in [5.41, 5.74) is 0.976. The molecule has 0 bridgehead atoms. The zero-order valence-corrected chi connectivity index (χ0v) is 14.3. The minimum Gasteiger partial charge on any atom is -0.464 e. The molecule has 0 unspecified atom stereocenters. The third-order valence-corrected chi connectivity index (χ3v) is 4.35. The Balaban J connectivity index is 1.93. The van der Waals surface area contributed by atoms with Gasteiger partial charge in [-0.25, -0.2) is 4.79 Å². The lowest BCUT2D eigenvalue weighted by Crippen LogP contribution is -2.65. The summed E-state index contributed by atoms with van der Waals surface area (Å²) in [5.74, 6) is -2.27. The van der Waals surface area contributed by atoms with Crippen LogP contribution in [0.5, 0.6) is 0 Å². The number of ether oxygens (including phenoxy) is 1. The van der Waals surface area contributed by atoms with Crippen molar-refractivity contribution >= 4 is 29.4 Å². The molecule has 0 saturated carbocycles. The molecule has 2 atom stereocenters. The van der Waals surface area contributed by atoms with E-state index in [4.69, 9.17) is 16.3 Å². The predicted octanol–water partition coefficient (Wildman–Crippen LogP) is 3.04. The third kappa shape index (κ3) is 3.15. The SMILES string of the molecule is CCOC(=O)[C@H]1[C@@H](c2ccc(Cl)cc2)C(=O)N1C(=O)c1ccccc1. The van der Waals surface area contributed by atoms with Crippen LogP contribution in [0, 0.1) is 0 Å². The molecule has 0 N–H and O–H groups in total. The molecule has 5 nitrogen and oxygen atoms in total. The monoisotopic (exact) mass is 357 g/mol. The molecule has 1 heterocycles. The van der Waals surface area contributed by atoms with Gasteiger partial charge in [-0.05, 0) is 36.8 Å². The molecule has 2 aromatic rings. The number of imide groups is 1. The summed E-state index contributed by atoms with van der Waals surface area (Å²) < 4.78 is 5.07. The number of esters is 1. The summed E-state index contributed by atoms with van der Waals surface area (Å²) in [6.45, 7) is 1.85. The van der Waals surface area contributed by atoms with Gasteiger partial charge in [-0.2, -0.15) is 0 Å². The Kier molecular flexibility index (Phi) is 4.86. The van der Waals surface area contributed by atoms with Crippen molar-refractivity contribution in [1.82, 2.24) is 4.90 Å². The first-order chi connectivity index (χ1) is 12.0. The maximum absolute atomic E-state index is 12.7. The van der Waals surface area contributed by atoms with Gasteiger partial charge in [0, 0.05) is 10.6 Å². The second kappa shape index (κ2) is 7.07. The summed E-state index contributed by atoms with van der Waals surface area (Å²) in [5, 5.41) is 0.528. The topological polar surface area (TPSA) is 63.7 Å². The number of β-lactam (4-membered cyclic amide) rings is 1. The summed E-state index contributed by atoms with van der Waals surface area (Å²) >= 11 is 5.88. The molecule has 1 saturated heterocycles. The van der Waals surface area contributed by atoms with E-state index in [-0.39, 0.29) is 6.61 Å². The lowest BCUT2D eigenvalue weighted by molar-refractivity contribution is -0.165. The van der Waals surface area contributed by atoms with Gasteiger partial charge in [-0.1, -0.05) is 41.9 Å². The van der Waals surface area contributed by atoms with E-state index < -0.39 is 29.7 Å². The number of likely N-dealkylation sites (tertiary alicyclic amines) is 1. The Morgan fingerprint density at radius 2 is 1.72 bits per heavy atom. The smallest absolute Gasteiger partial charge is 0.330 e. The average Bonchev–Trinajstić information content (AvgIpc) is 2.62. The zero-order valence-electron chi connectivity index (χ0n) is 13.5. The maximum Gasteiger partial charge on any atom is 0.330 e. The van der Waals surface area contributed by atoms with Gasteiger partial charge in [0.25, 0.3) is 5.91 Å².